The topological polar surface area (TPSA) is 71.8 Å². The number of aromatic nitrogens is 3. The SMILES string of the molecule is O=C(NCCCn1ccnn1)c1ccc2c(c1)CCN2. The lowest BCUT2D eigenvalue weighted by atomic mass is 10.1. The van der Waals surface area contributed by atoms with Crippen LogP contribution in [0, 0.1) is 0 Å². The van der Waals surface area contributed by atoms with Gasteiger partial charge in [-0.1, -0.05) is 5.21 Å². The third-order valence-corrected chi connectivity index (χ3v) is 3.40. The van der Waals surface area contributed by atoms with Gasteiger partial charge in [-0.15, -0.1) is 5.10 Å². The lowest BCUT2D eigenvalue weighted by molar-refractivity contribution is 0.0952. The number of aryl methyl sites for hydroxylation is 1. The molecule has 0 unspecified atom stereocenters. The molecule has 2 heterocycles. The third kappa shape index (κ3) is 2.79. The summed E-state index contributed by atoms with van der Waals surface area (Å²) >= 11 is 0. The Hall–Kier alpha value is -2.37. The Labute approximate surface area is 117 Å². The number of fused-ring (bicyclic) bond motifs is 1. The number of hydrogen-bond donors (Lipinski definition) is 2. The average molecular weight is 271 g/mol. The molecule has 0 fully saturated rings. The van der Waals surface area contributed by atoms with E-state index in [2.05, 4.69) is 20.9 Å². The van der Waals surface area contributed by atoms with Gasteiger partial charge < -0.3 is 10.6 Å². The Morgan fingerprint density at radius 1 is 1.45 bits per heavy atom. The highest BCUT2D eigenvalue weighted by atomic mass is 16.1. The Kier molecular flexibility index (Phi) is 3.62. The van der Waals surface area contributed by atoms with Crippen molar-refractivity contribution in [3.8, 4) is 0 Å². The van der Waals surface area contributed by atoms with Gasteiger partial charge in [-0.3, -0.25) is 9.48 Å². The first-order chi connectivity index (χ1) is 9.83. The van der Waals surface area contributed by atoms with Crippen LogP contribution in [0.3, 0.4) is 0 Å². The molecule has 104 valence electrons. The van der Waals surface area contributed by atoms with E-state index in [1.807, 2.05) is 24.4 Å². The van der Waals surface area contributed by atoms with Gasteiger partial charge in [-0.25, -0.2) is 0 Å². The van der Waals surface area contributed by atoms with E-state index in [0.717, 1.165) is 37.2 Å². The van der Waals surface area contributed by atoms with E-state index in [9.17, 15) is 4.79 Å². The van der Waals surface area contributed by atoms with Crippen molar-refractivity contribution in [1.29, 1.82) is 0 Å². The monoisotopic (exact) mass is 271 g/mol. The fourth-order valence-corrected chi connectivity index (χ4v) is 2.34. The smallest absolute Gasteiger partial charge is 0.251 e. The van der Waals surface area contributed by atoms with Gasteiger partial charge in [0.1, 0.15) is 0 Å². The molecule has 0 atom stereocenters. The number of hydrogen-bond acceptors (Lipinski definition) is 4. The summed E-state index contributed by atoms with van der Waals surface area (Å²) in [7, 11) is 0. The summed E-state index contributed by atoms with van der Waals surface area (Å²) in [5.74, 6) is -0.0155. The molecule has 1 aliphatic heterocycles. The minimum absolute atomic E-state index is 0.0155. The van der Waals surface area contributed by atoms with Crippen molar-refractivity contribution in [2.45, 2.75) is 19.4 Å². The Bertz CT molecular complexity index is 594. The molecule has 1 aromatic carbocycles. The molecule has 0 spiro atoms. The van der Waals surface area contributed by atoms with Crippen LogP contribution in [0.4, 0.5) is 5.69 Å². The first-order valence-electron chi connectivity index (χ1n) is 6.82. The maximum Gasteiger partial charge on any atom is 0.251 e. The number of carbonyl (C=O) groups is 1. The van der Waals surface area contributed by atoms with Gasteiger partial charge in [0.05, 0.1) is 6.20 Å². The van der Waals surface area contributed by atoms with Crippen LogP contribution < -0.4 is 10.6 Å². The number of nitrogens with one attached hydrogen (secondary N) is 2. The van der Waals surface area contributed by atoms with Crippen LogP contribution in [0.15, 0.2) is 30.6 Å². The highest BCUT2D eigenvalue weighted by Crippen LogP contribution is 2.22. The van der Waals surface area contributed by atoms with Gasteiger partial charge in [0.2, 0.25) is 0 Å². The number of anilines is 1. The van der Waals surface area contributed by atoms with Crippen molar-refractivity contribution in [3.05, 3.63) is 41.7 Å². The van der Waals surface area contributed by atoms with Crippen LogP contribution in [-0.2, 0) is 13.0 Å². The largest absolute Gasteiger partial charge is 0.384 e. The maximum atomic E-state index is 12.0. The summed E-state index contributed by atoms with van der Waals surface area (Å²) in [4.78, 5) is 12.0. The van der Waals surface area contributed by atoms with E-state index in [0.29, 0.717) is 6.54 Å². The van der Waals surface area contributed by atoms with Crippen LogP contribution in [0.5, 0.6) is 0 Å². The van der Waals surface area contributed by atoms with Crippen LogP contribution in [0.2, 0.25) is 0 Å². The first-order valence-corrected chi connectivity index (χ1v) is 6.82. The zero-order valence-electron chi connectivity index (χ0n) is 11.2. The first kappa shape index (κ1) is 12.7. The van der Waals surface area contributed by atoms with Gasteiger partial charge in [-0.2, -0.15) is 0 Å². The molecule has 6 heteroatoms. The van der Waals surface area contributed by atoms with Crippen molar-refractivity contribution in [2.24, 2.45) is 0 Å². The number of rotatable bonds is 5. The van der Waals surface area contributed by atoms with Gasteiger partial charge in [0.15, 0.2) is 0 Å². The molecule has 0 saturated carbocycles. The van der Waals surface area contributed by atoms with Crippen LogP contribution in [-0.4, -0.2) is 34.0 Å². The zero-order valence-corrected chi connectivity index (χ0v) is 11.2. The fraction of sp³-hybridized carbons (Fsp3) is 0.357. The number of carbonyl (C=O) groups excluding carboxylic acids is 1. The van der Waals surface area contributed by atoms with Gasteiger partial charge in [0.25, 0.3) is 5.91 Å². The van der Waals surface area contributed by atoms with Crippen molar-refractivity contribution < 1.29 is 4.79 Å². The van der Waals surface area contributed by atoms with E-state index in [4.69, 9.17) is 0 Å². The van der Waals surface area contributed by atoms with Crippen molar-refractivity contribution in [1.82, 2.24) is 20.3 Å². The van der Waals surface area contributed by atoms with Gasteiger partial charge in [0, 0.05) is 37.1 Å². The van der Waals surface area contributed by atoms with Crippen molar-refractivity contribution in [2.75, 3.05) is 18.4 Å². The normalized spacial score (nSPS) is 12.8. The standard InChI is InChI=1S/C14H17N5O/c20-14(16-5-1-8-19-9-7-17-18-19)12-2-3-13-11(10-12)4-6-15-13/h2-3,7,9-10,15H,1,4-6,8H2,(H,16,20). The minimum Gasteiger partial charge on any atom is -0.384 e. The average Bonchev–Trinajstić information content (AvgIpc) is 3.13. The number of nitrogens with zero attached hydrogens (tertiary/aromatic N) is 3. The molecule has 2 N–H and O–H groups in total. The molecule has 0 radical (unpaired) electrons. The van der Waals surface area contributed by atoms with Crippen LogP contribution in [0.1, 0.15) is 22.3 Å². The van der Waals surface area contributed by atoms with E-state index in [-0.39, 0.29) is 5.91 Å². The summed E-state index contributed by atoms with van der Waals surface area (Å²) < 4.78 is 1.76. The lowest BCUT2D eigenvalue weighted by Crippen LogP contribution is -2.25. The molecule has 20 heavy (non-hydrogen) atoms. The second kappa shape index (κ2) is 5.73. The zero-order chi connectivity index (χ0) is 13.8. The van der Waals surface area contributed by atoms with E-state index < -0.39 is 0 Å². The molecular formula is C14H17N5O. The highest BCUT2D eigenvalue weighted by Gasteiger charge is 2.12. The molecule has 1 aliphatic rings. The predicted octanol–water partition coefficient (Wildman–Crippen LogP) is 1.07. The molecular weight excluding hydrogens is 254 g/mol. The Morgan fingerprint density at radius 3 is 3.25 bits per heavy atom. The summed E-state index contributed by atoms with van der Waals surface area (Å²) in [6.45, 7) is 2.35. The highest BCUT2D eigenvalue weighted by molar-refractivity contribution is 5.95. The summed E-state index contributed by atoms with van der Waals surface area (Å²) in [5.41, 5.74) is 3.10. The van der Waals surface area contributed by atoms with Crippen molar-refractivity contribution in [3.63, 3.8) is 0 Å². The molecule has 3 rings (SSSR count). The van der Waals surface area contributed by atoms with E-state index in [1.165, 1.54) is 5.56 Å². The molecule has 0 aliphatic carbocycles. The molecule has 0 bridgehead atoms. The quantitative estimate of drug-likeness (QED) is 0.798. The predicted molar refractivity (Wildman–Crippen MR) is 75.6 cm³/mol. The van der Waals surface area contributed by atoms with Crippen molar-refractivity contribution >= 4 is 11.6 Å². The van der Waals surface area contributed by atoms with Crippen LogP contribution >= 0.6 is 0 Å². The minimum atomic E-state index is -0.0155. The second-order valence-corrected chi connectivity index (χ2v) is 4.82. The Morgan fingerprint density at radius 2 is 2.40 bits per heavy atom. The lowest BCUT2D eigenvalue weighted by Gasteiger charge is -2.07. The summed E-state index contributed by atoms with van der Waals surface area (Å²) in [6.07, 6.45) is 5.29. The molecule has 0 saturated heterocycles. The van der Waals surface area contributed by atoms with Gasteiger partial charge >= 0.3 is 0 Å². The summed E-state index contributed by atoms with van der Waals surface area (Å²) in [5, 5.41) is 13.8. The second-order valence-electron chi connectivity index (χ2n) is 4.82. The van der Waals surface area contributed by atoms with Crippen LogP contribution in [0.25, 0.3) is 0 Å². The maximum absolute atomic E-state index is 12.0. The third-order valence-electron chi connectivity index (χ3n) is 3.40. The molecule has 6 nitrogen and oxygen atoms in total. The van der Waals surface area contributed by atoms with E-state index >= 15 is 0 Å². The molecule has 2 aromatic rings. The number of amides is 1. The molecule has 1 aromatic heterocycles. The summed E-state index contributed by atoms with van der Waals surface area (Å²) in [6, 6.07) is 5.82. The number of benzene rings is 1. The van der Waals surface area contributed by atoms with E-state index in [1.54, 1.807) is 10.9 Å². The molecule has 1 amide bonds. The fourth-order valence-electron chi connectivity index (χ4n) is 2.34. The Balaban J connectivity index is 1.49. The van der Waals surface area contributed by atoms with Gasteiger partial charge in [-0.05, 0) is 36.6 Å².